The van der Waals surface area contributed by atoms with Gasteiger partial charge < -0.3 is 4.90 Å². The number of alkyl halides is 1. The number of amides is 3. The number of carbonyl (C=O) groups is 3. The summed E-state index contributed by atoms with van der Waals surface area (Å²) in [5.74, 6) is 0.338. The lowest BCUT2D eigenvalue weighted by Gasteiger charge is -2.29. The van der Waals surface area contributed by atoms with Gasteiger partial charge in [-0.05, 0) is 47.1 Å². The number of unbranched alkanes of at least 4 members (excludes halogenated alkanes) is 3. The number of thioether (sulfide) groups is 1. The van der Waals surface area contributed by atoms with E-state index < -0.39 is 6.04 Å². The molecule has 1 saturated heterocycles. The predicted molar refractivity (Wildman–Crippen MR) is 111 cm³/mol. The normalized spacial score (nSPS) is 19.7. The van der Waals surface area contributed by atoms with Gasteiger partial charge in [0.25, 0.3) is 5.91 Å². The van der Waals surface area contributed by atoms with Gasteiger partial charge in [0.2, 0.25) is 11.8 Å². The molecule has 1 unspecified atom stereocenters. The number of imide groups is 1. The van der Waals surface area contributed by atoms with E-state index >= 15 is 0 Å². The molecule has 1 aromatic rings. The number of benzene rings is 1. The molecule has 3 rings (SSSR count). The number of nitrogens with zero attached hydrogens (tertiary/aromatic N) is 1. The minimum atomic E-state index is -0.543. The van der Waals surface area contributed by atoms with E-state index in [0.717, 1.165) is 16.2 Å². The van der Waals surface area contributed by atoms with Crippen LogP contribution < -0.4 is 5.32 Å². The zero-order chi connectivity index (χ0) is 18.5. The second-order valence-electron chi connectivity index (χ2n) is 6.63. The van der Waals surface area contributed by atoms with E-state index in [4.69, 9.17) is 0 Å². The highest BCUT2D eigenvalue weighted by molar-refractivity contribution is 14.1. The van der Waals surface area contributed by atoms with Crippen molar-refractivity contribution in [2.45, 2.75) is 56.0 Å². The number of rotatable bonds is 8. The van der Waals surface area contributed by atoms with Crippen LogP contribution in [0.2, 0.25) is 0 Å². The molecule has 0 radical (unpaired) electrons. The first-order valence-electron chi connectivity index (χ1n) is 9.07. The number of piperidine rings is 1. The van der Waals surface area contributed by atoms with E-state index in [0.29, 0.717) is 18.5 Å². The molecule has 7 heteroatoms. The van der Waals surface area contributed by atoms with Crippen LogP contribution in [-0.2, 0) is 16.1 Å². The highest BCUT2D eigenvalue weighted by atomic mass is 127. The lowest BCUT2D eigenvalue weighted by Crippen LogP contribution is -2.52. The van der Waals surface area contributed by atoms with Crippen LogP contribution in [-0.4, -0.2) is 38.8 Å². The zero-order valence-corrected chi connectivity index (χ0v) is 17.6. The van der Waals surface area contributed by atoms with Gasteiger partial charge in [0.15, 0.2) is 0 Å². The molecule has 1 fully saturated rings. The van der Waals surface area contributed by atoms with E-state index in [1.807, 2.05) is 12.1 Å². The maximum absolute atomic E-state index is 12.8. The Kier molecular flexibility index (Phi) is 6.97. The Balaban J connectivity index is 1.64. The molecule has 0 aromatic heterocycles. The maximum Gasteiger partial charge on any atom is 0.255 e. The summed E-state index contributed by atoms with van der Waals surface area (Å²) in [5.41, 5.74) is 1.73. The SMILES string of the molecule is O=C1CCC(N2Cc3c(SCCCCCCI)cccc3C2=O)C(=O)N1. The summed E-state index contributed by atoms with van der Waals surface area (Å²) in [7, 11) is 0. The van der Waals surface area contributed by atoms with Crippen molar-refractivity contribution in [2.24, 2.45) is 0 Å². The first-order valence-corrected chi connectivity index (χ1v) is 11.6. The van der Waals surface area contributed by atoms with E-state index in [2.05, 4.69) is 34.0 Å². The van der Waals surface area contributed by atoms with Crippen LogP contribution in [0, 0.1) is 0 Å². The largest absolute Gasteiger partial charge is 0.322 e. The van der Waals surface area contributed by atoms with Crippen LogP contribution >= 0.6 is 34.4 Å². The smallest absolute Gasteiger partial charge is 0.255 e. The van der Waals surface area contributed by atoms with Gasteiger partial charge in [0, 0.05) is 23.4 Å². The molecule has 5 nitrogen and oxygen atoms in total. The van der Waals surface area contributed by atoms with Gasteiger partial charge in [-0.25, -0.2) is 0 Å². The number of fused-ring (bicyclic) bond motifs is 1. The third-order valence-corrected chi connectivity index (χ3v) is 6.77. The lowest BCUT2D eigenvalue weighted by molar-refractivity contribution is -0.136. The summed E-state index contributed by atoms with van der Waals surface area (Å²) >= 11 is 4.21. The molecule has 0 saturated carbocycles. The number of hydrogen-bond acceptors (Lipinski definition) is 4. The number of hydrogen-bond donors (Lipinski definition) is 1. The van der Waals surface area contributed by atoms with Gasteiger partial charge in [-0.15, -0.1) is 11.8 Å². The molecule has 2 aliphatic rings. The molecule has 0 spiro atoms. The fourth-order valence-electron chi connectivity index (χ4n) is 3.42. The molecule has 140 valence electrons. The summed E-state index contributed by atoms with van der Waals surface area (Å²) < 4.78 is 1.22. The van der Waals surface area contributed by atoms with Gasteiger partial charge in [-0.2, -0.15) is 0 Å². The van der Waals surface area contributed by atoms with Gasteiger partial charge >= 0.3 is 0 Å². The Morgan fingerprint density at radius 2 is 1.96 bits per heavy atom. The van der Waals surface area contributed by atoms with Crippen LogP contribution in [0.4, 0.5) is 0 Å². The summed E-state index contributed by atoms with van der Waals surface area (Å²) in [6.07, 6.45) is 5.67. The molecule has 2 aliphatic heterocycles. The second kappa shape index (κ2) is 9.21. The van der Waals surface area contributed by atoms with Gasteiger partial charge in [-0.1, -0.05) is 41.5 Å². The second-order valence-corrected chi connectivity index (χ2v) is 8.85. The van der Waals surface area contributed by atoms with Crippen LogP contribution in [0.3, 0.4) is 0 Å². The molecule has 26 heavy (non-hydrogen) atoms. The topological polar surface area (TPSA) is 66.5 Å². The highest BCUT2D eigenvalue weighted by Crippen LogP contribution is 2.34. The minimum Gasteiger partial charge on any atom is -0.322 e. The quantitative estimate of drug-likeness (QED) is 0.201. The third-order valence-electron chi connectivity index (χ3n) is 4.82. The number of carbonyl (C=O) groups excluding carboxylic acids is 3. The Hall–Kier alpha value is -1.09. The number of nitrogens with one attached hydrogen (secondary N) is 1. The van der Waals surface area contributed by atoms with Crippen molar-refractivity contribution >= 4 is 52.1 Å². The van der Waals surface area contributed by atoms with Gasteiger partial charge in [0.1, 0.15) is 6.04 Å². The Morgan fingerprint density at radius 3 is 2.73 bits per heavy atom. The molecule has 3 amide bonds. The Bertz CT molecular complexity index is 710. The molecule has 1 atom stereocenters. The van der Waals surface area contributed by atoms with Crippen molar-refractivity contribution < 1.29 is 14.4 Å². The van der Waals surface area contributed by atoms with Crippen molar-refractivity contribution in [1.29, 1.82) is 0 Å². The van der Waals surface area contributed by atoms with Crippen molar-refractivity contribution in [3.63, 3.8) is 0 Å². The van der Waals surface area contributed by atoms with Crippen LogP contribution in [0.25, 0.3) is 0 Å². The van der Waals surface area contributed by atoms with Crippen LogP contribution in [0.1, 0.15) is 54.4 Å². The van der Waals surface area contributed by atoms with Crippen molar-refractivity contribution in [3.05, 3.63) is 29.3 Å². The van der Waals surface area contributed by atoms with E-state index in [1.54, 1.807) is 16.7 Å². The molecule has 0 aliphatic carbocycles. The monoisotopic (exact) mass is 486 g/mol. The summed E-state index contributed by atoms with van der Waals surface area (Å²) in [4.78, 5) is 39.0. The molecule has 1 N–H and O–H groups in total. The molecule has 2 heterocycles. The summed E-state index contributed by atoms with van der Waals surface area (Å²) in [5, 5.41) is 2.35. The van der Waals surface area contributed by atoms with Crippen molar-refractivity contribution in [3.8, 4) is 0 Å². The van der Waals surface area contributed by atoms with Crippen molar-refractivity contribution in [2.75, 3.05) is 10.2 Å². The maximum atomic E-state index is 12.8. The highest BCUT2D eigenvalue weighted by Gasteiger charge is 2.39. The average Bonchev–Trinajstić information content (AvgIpc) is 2.96. The van der Waals surface area contributed by atoms with Crippen LogP contribution in [0.5, 0.6) is 0 Å². The lowest BCUT2D eigenvalue weighted by atomic mass is 10.0. The summed E-state index contributed by atoms with van der Waals surface area (Å²) in [6.45, 7) is 0.457. The summed E-state index contributed by atoms with van der Waals surface area (Å²) in [6, 6.07) is 5.28. The number of halogens is 1. The van der Waals surface area contributed by atoms with Crippen molar-refractivity contribution in [1.82, 2.24) is 10.2 Å². The average molecular weight is 486 g/mol. The zero-order valence-electron chi connectivity index (χ0n) is 14.6. The first-order chi connectivity index (χ1) is 12.6. The first kappa shape index (κ1) is 19.7. The molecule has 0 bridgehead atoms. The van der Waals surface area contributed by atoms with Gasteiger partial charge in [-0.3, -0.25) is 19.7 Å². The van der Waals surface area contributed by atoms with E-state index in [9.17, 15) is 14.4 Å². The van der Waals surface area contributed by atoms with Gasteiger partial charge in [0.05, 0.1) is 0 Å². The molecular weight excluding hydrogens is 463 g/mol. The van der Waals surface area contributed by atoms with E-state index in [-0.39, 0.29) is 24.1 Å². The molecule has 1 aromatic carbocycles. The standard InChI is InChI=1S/C19H23IN2O3S/c20-10-3-1-2-4-11-26-16-7-5-6-13-14(16)12-22(19(13)25)15-8-9-17(23)21-18(15)24/h5-7,15H,1-4,8-12H2,(H,21,23,24). The van der Waals surface area contributed by atoms with E-state index in [1.165, 1.54) is 30.1 Å². The fraction of sp³-hybridized carbons (Fsp3) is 0.526. The minimum absolute atomic E-state index is 0.0982. The Labute approximate surface area is 171 Å². The molecular formula is C19H23IN2O3S. The van der Waals surface area contributed by atoms with Crippen LogP contribution in [0.15, 0.2) is 23.1 Å². The Morgan fingerprint density at radius 1 is 1.15 bits per heavy atom. The predicted octanol–water partition coefficient (Wildman–Crippen LogP) is 3.54. The fourth-order valence-corrected chi connectivity index (χ4v) is 5.06. The third kappa shape index (κ3) is 4.42.